The lowest BCUT2D eigenvalue weighted by atomic mass is 10.1. The average molecular weight is 323 g/mol. The molecule has 5 nitrogen and oxygen atoms in total. The maximum absolute atomic E-state index is 9.10. The molecule has 4 rings (SSSR count). The maximum atomic E-state index is 9.10. The fraction of sp³-hybridized carbons (Fsp3) is 0. The molecule has 2 aromatic carbocycles. The molecule has 0 atom stereocenters. The highest BCUT2D eigenvalue weighted by molar-refractivity contribution is 5.91. The van der Waals surface area contributed by atoms with Gasteiger partial charge >= 0.3 is 0 Å². The molecule has 0 radical (unpaired) electrons. The minimum Gasteiger partial charge on any atom is -0.368 e. The highest BCUT2D eigenvalue weighted by Crippen LogP contribution is 2.28. The summed E-state index contributed by atoms with van der Waals surface area (Å²) >= 11 is 0. The van der Waals surface area contributed by atoms with Gasteiger partial charge in [0.05, 0.1) is 22.8 Å². The fourth-order valence-electron chi connectivity index (χ4n) is 2.74. The van der Waals surface area contributed by atoms with Crippen molar-refractivity contribution in [3.8, 4) is 28.6 Å². The van der Waals surface area contributed by atoms with E-state index in [0.29, 0.717) is 22.3 Å². The van der Waals surface area contributed by atoms with Crippen molar-refractivity contribution in [1.82, 2.24) is 15.0 Å². The molecule has 0 spiro atoms. The van der Waals surface area contributed by atoms with Crippen LogP contribution < -0.4 is 5.73 Å². The van der Waals surface area contributed by atoms with E-state index < -0.39 is 0 Å². The Hall–Kier alpha value is -3.78. The van der Waals surface area contributed by atoms with Gasteiger partial charge in [-0.25, -0.2) is 15.0 Å². The Morgan fingerprint density at radius 3 is 2.40 bits per heavy atom. The van der Waals surface area contributed by atoms with Gasteiger partial charge in [-0.3, -0.25) is 0 Å². The summed E-state index contributed by atoms with van der Waals surface area (Å²) in [4.78, 5) is 13.4. The number of pyridine rings is 1. The third-order valence-electron chi connectivity index (χ3n) is 3.89. The first-order valence-corrected chi connectivity index (χ1v) is 7.75. The molecule has 0 bridgehead atoms. The van der Waals surface area contributed by atoms with Gasteiger partial charge in [-0.2, -0.15) is 5.26 Å². The Morgan fingerprint density at radius 1 is 0.800 bits per heavy atom. The number of hydrogen-bond donors (Lipinski definition) is 1. The van der Waals surface area contributed by atoms with Gasteiger partial charge in [0.2, 0.25) is 5.95 Å². The standard InChI is InChI=1S/C20H13N5/c21-12-13-5-4-8-15(11-13)16-9-10-17-19(23-16)18(25-20(22)24-17)14-6-2-1-3-7-14/h1-11H,(H2,22,24,25). The molecule has 0 aliphatic heterocycles. The van der Waals surface area contributed by atoms with Crippen LogP contribution in [0, 0.1) is 11.3 Å². The molecule has 5 heteroatoms. The monoisotopic (exact) mass is 323 g/mol. The molecule has 0 unspecified atom stereocenters. The maximum Gasteiger partial charge on any atom is 0.221 e. The number of nitrogens with two attached hydrogens (primary N) is 1. The minimum absolute atomic E-state index is 0.215. The van der Waals surface area contributed by atoms with Crippen LogP contribution in [0.1, 0.15) is 5.56 Å². The molecular formula is C20H13N5. The number of nitrogens with zero attached hydrogens (tertiary/aromatic N) is 4. The van der Waals surface area contributed by atoms with E-state index in [-0.39, 0.29) is 5.95 Å². The van der Waals surface area contributed by atoms with Crippen LogP contribution in [0.15, 0.2) is 66.7 Å². The van der Waals surface area contributed by atoms with Crippen LogP contribution in [0.5, 0.6) is 0 Å². The number of fused-ring (bicyclic) bond motifs is 1. The zero-order valence-corrected chi connectivity index (χ0v) is 13.2. The number of benzene rings is 2. The first-order valence-electron chi connectivity index (χ1n) is 7.75. The highest BCUT2D eigenvalue weighted by Gasteiger charge is 2.11. The largest absolute Gasteiger partial charge is 0.368 e. The lowest BCUT2D eigenvalue weighted by Crippen LogP contribution is -2.00. The van der Waals surface area contributed by atoms with Gasteiger partial charge in [0.15, 0.2) is 0 Å². The molecule has 0 saturated carbocycles. The molecule has 0 aliphatic carbocycles. The van der Waals surface area contributed by atoms with Gasteiger partial charge in [-0.05, 0) is 24.3 Å². The van der Waals surface area contributed by atoms with Crippen molar-refractivity contribution in [3.63, 3.8) is 0 Å². The van der Waals surface area contributed by atoms with Crippen molar-refractivity contribution in [1.29, 1.82) is 5.26 Å². The van der Waals surface area contributed by atoms with Crippen LogP contribution >= 0.6 is 0 Å². The zero-order chi connectivity index (χ0) is 17.2. The minimum atomic E-state index is 0.215. The topological polar surface area (TPSA) is 88.5 Å². The van der Waals surface area contributed by atoms with E-state index in [9.17, 15) is 0 Å². The van der Waals surface area contributed by atoms with Gasteiger partial charge in [0.1, 0.15) is 11.2 Å². The molecular weight excluding hydrogens is 310 g/mol. The van der Waals surface area contributed by atoms with Crippen LogP contribution in [0.2, 0.25) is 0 Å². The van der Waals surface area contributed by atoms with Crippen LogP contribution in [0.4, 0.5) is 5.95 Å². The van der Waals surface area contributed by atoms with Crippen molar-refractivity contribution in [2.75, 3.05) is 5.73 Å². The Morgan fingerprint density at radius 2 is 1.60 bits per heavy atom. The Balaban J connectivity index is 1.96. The molecule has 2 aromatic heterocycles. The molecule has 0 fully saturated rings. The molecule has 25 heavy (non-hydrogen) atoms. The summed E-state index contributed by atoms with van der Waals surface area (Å²) in [5.74, 6) is 0.215. The molecule has 4 aromatic rings. The Kier molecular flexibility index (Phi) is 3.56. The van der Waals surface area contributed by atoms with Gasteiger partial charge in [-0.1, -0.05) is 42.5 Å². The summed E-state index contributed by atoms with van der Waals surface area (Å²) < 4.78 is 0. The number of anilines is 1. The summed E-state index contributed by atoms with van der Waals surface area (Å²) in [6, 6.07) is 23.0. The van der Waals surface area contributed by atoms with E-state index in [4.69, 9.17) is 16.0 Å². The molecule has 118 valence electrons. The number of nitrogen functional groups attached to an aromatic ring is 1. The molecule has 0 saturated heterocycles. The van der Waals surface area contributed by atoms with Crippen molar-refractivity contribution in [2.45, 2.75) is 0 Å². The summed E-state index contributed by atoms with van der Waals surface area (Å²) in [6.45, 7) is 0. The van der Waals surface area contributed by atoms with E-state index in [1.54, 1.807) is 6.07 Å². The average Bonchev–Trinajstić information content (AvgIpc) is 2.67. The van der Waals surface area contributed by atoms with Gasteiger partial charge in [0, 0.05) is 11.1 Å². The first-order chi connectivity index (χ1) is 12.2. The first kappa shape index (κ1) is 14.8. The lowest BCUT2D eigenvalue weighted by molar-refractivity contribution is 1.21. The number of hydrogen-bond acceptors (Lipinski definition) is 5. The summed E-state index contributed by atoms with van der Waals surface area (Å²) in [5, 5.41) is 9.10. The van der Waals surface area contributed by atoms with E-state index >= 15 is 0 Å². The molecule has 2 N–H and O–H groups in total. The third kappa shape index (κ3) is 2.77. The number of aromatic nitrogens is 3. The second-order valence-corrected chi connectivity index (χ2v) is 5.55. The van der Waals surface area contributed by atoms with E-state index in [0.717, 1.165) is 16.8 Å². The van der Waals surface area contributed by atoms with Crippen LogP contribution in [-0.4, -0.2) is 15.0 Å². The SMILES string of the molecule is N#Cc1cccc(-c2ccc3nc(N)nc(-c4ccccc4)c3n2)c1. The van der Waals surface area contributed by atoms with Crippen molar-refractivity contribution < 1.29 is 0 Å². The van der Waals surface area contributed by atoms with Crippen molar-refractivity contribution in [3.05, 3.63) is 72.3 Å². The predicted molar refractivity (Wildman–Crippen MR) is 97.3 cm³/mol. The normalized spacial score (nSPS) is 10.5. The smallest absolute Gasteiger partial charge is 0.221 e. The van der Waals surface area contributed by atoms with Crippen molar-refractivity contribution in [2.24, 2.45) is 0 Å². The highest BCUT2D eigenvalue weighted by atomic mass is 15.0. The molecule has 0 aliphatic rings. The van der Waals surface area contributed by atoms with Gasteiger partial charge < -0.3 is 5.73 Å². The molecule has 2 heterocycles. The molecule has 0 amide bonds. The van der Waals surface area contributed by atoms with Gasteiger partial charge in [0.25, 0.3) is 0 Å². The van der Waals surface area contributed by atoms with E-state index in [1.807, 2.05) is 60.7 Å². The number of rotatable bonds is 2. The lowest BCUT2D eigenvalue weighted by Gasteiger charge is -2.08. The number of nitriles is 1. The van der Waals surface area contributed by atoms with Crippen LogP contribution in [0.3, 0.4) is 0 Å². The Labute approximate surface area is 144 Å². The van der Waals surface area contributed by atoms with Gasteiger partial charge in [-0.15, -0.1) is 0 Å². The quantitative estimate of drug-likeness (QED) is 0.606. The second-order valence-electron chi connectivity index (χ2n) is 5.55. The summed E-state index contributed by atoms with van der Waals surface area (Å²) in [7, 11) is 0. The zero-order valence-electron chi connectivity index (χ0n) is 13.2. The van der Waals surface area contributed by atoms with E-state index in [2.05, 4.69) is 16.0 Å². The van der Waals surface area contributed by atoms with E-state index in [1.165, 1.54) is 0 Å². The predicted octanol–water partition coefficient (Wildman–Crippen LogP) is 3.81. The third-order valence-corrected chi connectivity index (χ3v) is 3.89. The van der Waals surface area contributed by atoms with Crippen LogP contribution in [-0.2, 0) is 0 Å². The Bertz CT molecular complexity index is 1110. The fourth-order valence-corrected chi connectivity index (χ4v) is 2.74. The van der Waals surface area contributed by atoms with Crippen molar-refractivity contribution >= 4 is 17.0 Å². The second kappa shape index (κ2) is 6.02. The summed E-state index contributed by atoms with van der Waals surface area (Å²) in [5.41, 5.74) is 11.1. The van der Waals surface area contributed by atoms with Crippen LogP contribution in [0.25, 0.3) is 33.5 Å². The summed E-state index contributed by atoms with van der Waals surface area (Å²) in [6.07, 6.45) is 0.